The molecule has 0 aliphatic rings. The van der Waals surface area contributed by atoms with E-state index >= 15 is 0 Å². The first-order valence-corrected chi connectivity index (χ1v) is 9.51. The van der Waals surface area contributed by atoms with Crippen LogP contribution >= 0.6 is 0 Å². The fourth-order valence-electron chi connectivity index (χ4n) is 2.82. The largest absolute Gasteiger partial charge is 0.732 e. The van der Waals surface area contributed by atoms with E-state index < -0.39 is 23.4 Å². The van der Waals surface area contributed by atoms with Gasteiger partial charge in [-0.25, -0.2) is 0 Å². The Kier molecular flexibility index (Phi) is 9.13. The Bertz CT molecular complexity index is 624. The van der Waals surface area contributed by atoms with Crippen molar-refractivity contribution in [3.05, 3.63) is 34.7 Å². The number of hydrogen-bond donors (Lipinski definition) is 5. The van der Waals surface area contributed by atoms with Crippen LogP contribution in [-0.4, -0.2) is 56.0 Å². The third kappa shape index (κ3) is 7.54. The number of methoxy groups -OCH3 is 1. The van der Waals surface area contributed by atoms with Gasteiger partial charge in [0.05, 0.1) is 23.4 Å². The van der Waals surface area contributed by atoms with Crippen LogP contribution < -0.4 is 5.23 Å². The van der Waals surface area contributed by atoms with Crippen molar-refractivity contribution in [2.75, 3.05) is 12.3 Å². The Balaban J connectivity index is 2.48. The third-order valence-corrected chi connectivity index (χ3v) is 5.36. The minimum Gasteiger partial charge on any atom is -0.732 e. The molecule has 0 aliphatic heterocycles. The Labute approximate surface area is 167 Å². The SMILES string of the molecule is COC(C)(C)C(O)CCC(C)=CCCC(C)(O)C(O)Cc1c[nH]c(N([O-])O)c1. The van der Waals surface area contributed by atoms with Crippen LogP contribution in [0, 0.1) is 5.21 Å². The summed E-state index contributed by atoms with van der Waals surface area (Å²) in [6, 6.07) is 1.42. The van der Waals surface area contributed by atoms with Crippen molar-refractivity contribution in [1.29, 1.82) is 0 Å². The molecule has 0 bridgehead atoms. The number of ether oxygens (including phenoxy) is 1. The number of nitrogens with one attached hydrogen (secondary N) is 1. The van der Waals surface area contributed by atoms with Crippen LogP contribution in [0.1, 0.15) is 58.9 Å². The summed E-state index contributed by atoms with van der Waals surface area (Å²) in [5.74, 6) is -0.0285. The second kappa shape index (κ2) is 10.4. The molecule has 3 unspecified atom stereocenters. The maximum Gasteiger partial charge on any atom is 0.119 e. The minimum atomic E-state index is -1.30. The van der Waals surface area contributed by atoms with Crippen LogP contribution in [0.5, 0.6) is 0 Å². The number of aromatic amines is 1. The van der Waals surface area contributed by atoms with Gasteiger partial charge in [-0.05, 0) is 65.0 Å². The van der Waals surface area contributed by atoms with Gasteiger partial charge in [-0.15, -0.1) is 0 Å². The molecule has 8 nitrogen and oxygen atoms in total. The zero-order valence-electron chi connectivity index (χ0n) is 17.5. The van der Waals surface area contributed by atoms with Crippen molar-refractivity contribution in [2.45, 2.75) is 83.2 Å². The monoisotopic (exact) mass is 399 g/mol. The summed E-state index contributed by atoms with van der Waals surface area (Å²) >= 11 is 0. The second-order valence-electron chi connectivity index (χ2n) is 8.19. The van der Waals surface area contributed by atoms with Crippen LogP contribution in [0.15, 0.2) is 23.9 Å². The molecule has 0 fully saturated rings. The van der Waals surface area contributed by atoms with Crippen molar-refractivity contribution in [3.8, 4) is 0 Å². The molecule has 0 saturated carbocycles. The number of aliphatic hydroxyl groups is 3. The molecular weight excluding hydrogens is 364 g/mol. The quantitative estimate of drug-likeness (QED) is 0.270. The van der Waals surface area contributed by atoms with Crippen LogP contribution in [0.25, 0.3) is 0 Å². The number of anilines is 1. The summed E-state index contributed by atoms with van der Waals surface area (Å²) in [5, 5.41) is 50.4. The smallest absolute Gasteiger partial charge is 0.119 e. The lowest BCUT2D eigenvalue weighted by Gasteiger charge is -2.29. The lowest BCUT2D eigenvalue weighted by Crippen LogP contribution is -2.40. The number of H-pyrrole nitrogens is 1. The highest BCUT2D eigenvalue weighted by molar-refractivity contribution is 5.40. The number of allylic oxidation sites excluding steroid dienone is 2. The molecule has 0 spiro atoms. The molecular formula is C20H35N2O6-. The molecule has 3 atom stereocenters. The van der Waals surface area contributed by atoms with E-state index in [9.17, 15) is 20.5 Å². The Morgan fingerprint density at radius 2 is 1.96 bits per heavy atom. The van der Waals surface area contributed by atoms with E-state index in [1.54, 1.807) is 14.0 Å². The molecule has 162 valence electrons. The van der Waals surface area contributed by atoms with E-state index in [-0.39, 0.29) is 17.5 Å². The van der Waals surface area contributed by atoms with Gasteiger partial charge in [0.1, 0.15) is 5.82 Å². The van der Waals surface area contributed by atoms with Gasteiger partial charge in [-0.1, -0.05) is 11.6 Å². The topological polar surface area (TPSA) is 132 Å². The second-order valence-corrected chi connectivity index (χ2v) is 8.19. The fourth-order valence-corrected chi connectivity index (χ4v) is 2.82. The Hall–Kier alpha value is -1.42. The number of hydrogen-bond acceptors (Lipinski definition) is 7. The van der Waals surface area contributed by atoms with E-state index in [4.69, 9.17) is 9.94 Å². The van der Waals surface area contributed by atoms with Crippen LogP contribution in [0.3, 0.4) is 0 Å². The van der Waals surface area contributed by atoms with Crippen LogP contribution in [0.2, 0.25) is 0 Å². The Morgan fingerprint density at radius 3 is 2.50 bits per heavy atom. The van der Waals surface area contributed by atoms with E-state index in [0.29, 0.717) is 24.8 Å². The molecule has 1 aromatic heterocycles. The van der Waals surface area contributed by atoms with Crippen molar-refractivity contribution in [3.63, 3.8) is 0 Å². The predicted molar refractivity (Wildman–Crippen MR) is 108 cm³/mol. The molecule has 1 rings (SSSR count). The van der Waals surface area contributed by atoms with Gasteiger partial charge >= 0.3 is 0 Å². The zero-order valence-corrected chi connectivity index (χ0v) is 17.5. The lowest BCUT2D eigenvalue weighted by molar-refractivity contribution is -0.0797. The van der Waals surface area contributed by atoms with E-state index in [1.807, 2.05) is 26.8 Å². The average Bonchev–Trinajstić information content (AvgIpc) is 3.08. The molecule has 0 aromatic carbocycles. The molecule has 0 radical (unpaired) electrons. The van der Waals surface area contributed by atoms with Crippen molar-refractivity contribution in [1.82, 2.24) is 4.98 Å². The normalized spacial score (nSPS) is 17.3. The van der Waals surface area contributed by atoms with E-state index in [1.165, 1.54) is 12.3 Å². The van der Waals surface area contributed by atoms with Gasteiger partial charge in [-0.2, -0.15) is 0 Å². The van der Waals surface area contributed by atoms with E-state index in [2.05, 4.69) is 4.98 Å². The zero-order chi connectivity index (χ0) is 21.5. The van der Waals surface area contributed by atoms with Gasteiger partial charge in [0.2, 0.25) is 0 Å². The molecule has 8 heteroatoms. The summed E-state index contributed by atoms with van der Waals surface area (Å²) in [6.07, 6.45) is 4.32. The predicted octanol–water partition coefficient (Wildman–Crippen LogP) is 2.66. The van der Waals surface area contributed by atoms with Gasteiger partial charge in [0.25, 0.3) is 0 Å². The highest BCUT2D eigenvalue weighted by Gasteiger charge is 2.30. The minimum absolute atomic E-state index is 0.0285. The molecule has 5 N–H and O–H groups in total. The van der Waals surface area contributed by atoms with Crippen molar-refractivity contribution in [2.24, 2.45) is 0 Å². The fraction of sp³-hybridized carbons (Fsp3) is 0.700. The number of nitrogens with zero attached hydrogens (tertiary/aromatic N) is 1. The molecule has 1 heterocycles. The number of aromatic nitrogens is 1. The summed E-state index contributed by atoms with van der Waals surface area (Å²) in [4.78, 5) is 2.59. The average molecular weight is 400 g/mol. The molecule has 1 aromatic rings. The van der Waals surface area contributed by atoms with Gasteiger partial charge in [0, 0.05) is 19.7 Å². The van der Waals surface area contributed by atoms with Crippen molar-refractivity contribution < 1.29 is 25.3 Å². The van der Waals surface area contributed by atoms with Gasteiger partial charge < -0.3 is 35.5 Å². The third-order valence-electron chi connectivity index (χ3n) is 5.36. The molecule has 0 saturated heterocycles. The van der Waals surface area contributed by atoms with Crippen LogP contribution in [-0.2, 0) is 11.2 Å². The number of rotatable bonds is 12. The highest BCUT2D eigenvalue weighted by atomic mass is 16.8. The van der Waals surface area contributed by atoms with Gasteiger partial charge in [0.15, 0.2) is 0 Å². The molecule has 28 heavy (non-hydrogen) atoms. The first-order valence-electron chi connectivity index (χ1n) is 9.51. The first kappa shape index (κ1) is 24.6. The summed E-state index contributed by atoms with van der Waals surface area (Å²) in [7, 11) is 1.58. The molecule has 0 amide bonds. The van der Waals surface area contributed by atoms with Crippen LogP contribution in [0.4, 0.5) is 5.82 Å². The maximum atomic E-state index is 10.8. The lowest BCUT2D eigenvalue weighted by atomic mass is 9.89. The molecule has 0 aliphatic carbocycles. The maximum absolute atomic E-state index is 10.8. The summed E-state index contributed by atoms with van der Waals surface area (Å²) in [5.41, 5.74) is -0.183. The first-order chi connectivity index (χ1) is 12.9. The van der Waals surface area contributed by atoms with Gasteiger partial charge in [-0.3, -0.25) is 5.21 Å². The Morgan fingerprint density at radius 1 is 1.32 bits per heavy atom. The highest BCUT2D eigenvalue weighted by Crippen LogP contribution is 2.24. The van der Waals surface area contributed by atoms with Crippen molar-refractivity contribution >= 4 is 5.82 Å². The van der Waals surface area contributed by atoms with E-state index in [0.717, 1.165) is 12.0 Å². The summed E-state index contributed by atoms with van der Waals surface area (Å²) < 4.78 is 5.28. The number of aliphatic hydroxyl groups excluding tert-OH is 2. The summed E-state index contributed by atoms with van der Waals surface area (Å²) in [6.45, 7) is 7.24. The standard InChI is InChI=1S/C20H35N2O6/c1-14(8-9-16(23)19(2,3)28-5)7-6-10-20(4,25)17(24)11-15-12-18(21-13-15)22(26)27/h7,12-13,16-17,21,23-26H,6,8-11H2,1-5H3/q-1.